The van der Waals surface area contributed by atoms with E-state index in [0.29, 0.717) is 0 Å². The lowest BCUT2D eigenvalue weighted by molar-refractivity contribution is 0.568. The molecule has 19 heavy (non-hydrogen) atoms. The molecule has 0 amide bonds. The first-order valence-corrected chi connectivity index (χ1v) is 7.54. The van der Waals surface area contributed by atoms with Crippen molar-refractivity contribution >= 4 is 22.4 Å². The zero-order valence-electron chi connectivity index (χ0n) is 11.5. The highest BCUT2D eigenvalue weighted by atomic mass is 35.5. The molecule has 2 aromatic carbocycles. The average Bonchev–Trinajstić information content (AvgIpc) is 2.44. The second-order valence-corrected chi connectivity index (χ2v) is 5.55. The predicted octanol–water partition coefficient (Wildman–Crippen LogP) is 5.46. The van der Waals surface area contributed by atoms with E-state index in [0.717, 1.165) is 16.8 Å². The second-order valence-electron chi connectivity index (χ2n) is 5.14. The molecular weight excluding hydrogens is 254 g/mol. The van der Waals surface area contributed by atoms with E-state index in [4.69, 9.17) is 17.3 Å². The zero-order valence-corrected chi connectivity index (χ0v) is 12.3. The van der Waals surface area contributed by atoms with Crippen LogP contribution in [0.3, 0.4) is 0 Å². The van der Waals surface area contributed by atoms with Crippen molar-refractivity contribution in [3.8, 4) is 0 Å². The third-order valence-electron chi connectivity index (χ3n) is 3.67. The van der Waals surface area contributed by atoms with E-state index in [2.05, 4.69) is 25.1 Å². The Balaban J connectivity index is 2.18. The number of benzene rings is 2. The molecule has 0 fully saturated rings. The zero-order chi connectivity index (χ0) is 13.7. The highest BCUT2D eigenvalue weighted by molar-refractivity contribution is 6.35. The van der Waals surface area contributed by atoms with Gasteiger partial charge in [0.25, 0.3) is 0 Å². The van der Waals surface area contributed by atoms with E-state index in [1.54, 1.807) is 0 Å². The molecule has 0 bridgehead atoms. The molecule has 0 heterocycles. The molecule has 0 saturated heterocycles. The Hall–Kier alpha value is -1.05. The molecule has 0 aliphatic heterocycles. The van der Waals surface area contributed by atoms with Gasteiger partial charge in [-0.1, -0.05) is 74.5 Å². The number of hydrogen-bond acceptors (Lipinski definition) is 1. The third kappa shape index (κ3) is 3.49. The van der Waals surface area contributed by atoms with E-state index >= 15 is 0 Å². The van der Waals surface area contributed by atoms with Crippen LogP contribution < -0.4 is 5.73 Å². The first kappa shape index (κ1) is 14.4. The second kappa shape index (κ2) is 6.93. The fraction of sp³-hybridized carbons (Fsp3) is 0.412. The van der Waals surface area contributed by atoms with Crippen LogP contribution in [-0.4, -0.2) is 0 Å². The van der Waals surface area contributed by atoms with Gasteiger partial charge in [-0.2, -0.15) is 0 Å². The third-order valence-corrected chi connectivity index (χ3v) is 4.00. The molecule has 0 spiro atoms. The minimum atomic E-state index is 0.110. The molecule has 1 nitrogen and oxygen atoms in total. The standard InChI is InChI=1S/C17H22ClN/c1-2-3-4-5-10-17(19)15-11-12-16(18)14-9-7-6-8-13(14)15/h6-9,11-12,17H,2-5,10,19H2,1H3. The van der Waals surface area contributed by atoms with Crippen LogP contribution in [0.1, 0.15) is 50.6 Å². The fourth-order valence-electron chi connectivity index (χ4n) is 2.56. The molecule has 0 aliphatic rings. The number of unbranched alkanes of at least 4 members (excludes halogenated alkanes) is 3. The van der Waals surface area contributed by atoms with Crippen LogP contribution in [0.15, 0.2) is 36.4 Å². The van der Waals surface area contributed by atoms with Gasteiger partial charge in [-0.05, 0) is 23.4 Å². The Bertz CT molecular complexity index is 536. The molecule has 0 radical (unpaired) electrons. The molecule has 102 valence electrons. The summed E-state index contributed by atoms with van der Waals surface area (Å²) >= 11 is 6.24. The molecule has 0 saturated carbocycles. The van der Waals surface area contributed by atoms with E-state index in [1.165, 1.54) is 36.6 Å². The van der Waals surface area contributed by atoms with Crippen molar-refractivity contribution < 1.29 is 0 Å². The van der Waals surface area contributed by atoms with E-state index < -0.39 is 0 Å². The van der Waals surface area contributed by atoms with Crippen LogP contribution in [0.2, 0.25) is 5.02 Å². The Morgan fingerprint density at radius 3 is 2.47 bits per heavy atom. The molecule has 2 N–H and O–H groups in total. The first-order chi connectivity index (χ1) is 9.24. The van der Waals surface area contributed by atoms with Gasteiger partial charge < -0.3 is 5.73 Å². The van der Waals surface area contributed by atoms with Crippen molar-refractivity contribution in [1.29, 1.82) is 0 Å². The van der Waals surface area contributed by atoms with Gasteiger partial charge in [0.1, 0.15) is 0 Å². The van der Waals surface area contributed by atoms with Crippen molar-refractivity contribution in [1.82, 2.24) is 0 Å². The number of fused-ring (bicyclic) bond motifs is 1. The molecule has 1 unspecified atom stereocenters. The van der Waals surface area contributed by atoms with Crippen LogP contribution >= 0.6 is 11.6 Å². The summed E-state index contributed by atoms with van der Waals surface area (Å²) in [5.41, 5.74) is 7.57. The summed E-state index contributed by atoms with van der Waals surface area (Å²) in [4.78, 5) is 0. The predicted molar refractivity (Wildman–Crippen MR) is 84.6 cm³/mol. The summed E-state index contributed by atoms with van der Waals surface area (Å²) in [5.74, 6) is 0. The fourth-order valence-corrected chi connectivity index (χ4v) is 2.78. The Labute approximate surface area is 120 Å². The van der Waals surface area contributed by atoms with Gasteiger partial charge in [-0.15, -0.1) is 0 Å². The van der Waals surface area contributed by atoms with E-state index in [-0.39, 0.29) is 6.04 Å². The molecule has 2 aromatic rings. The summed E-state index contributed by atoms with van der Waals surface area (Å²) in [5, 5.41) is 3.10. The summed E-state index contributed by atoms with van der Waals surface area (Å²) in [7, 11) is 0. The Morgan fingerprint density at radius 1 is 1.00 bits per heavy atom. The highest BCUT2D eigenvalue weighted by Crippen LogP contribution is 2.30. The number of rotatable bonds is 6. The van der Waals surface area contributed by atoms with Crippen molar-refractivity contribution in [2.45, 2.75) is 45.1 Å². The molecule has 2 heteroatoms. The van der Waals surface area contributed by atoms with Crippen LogP contribution in [0.5, 0.6) is 0 Å². The van der Waals surface area contributed by atoms with Crippen LogP contribution in [0, 0.1) is 0 Å². The SMILES string of the molecule is CCCCCCC(N)c1ccc(Cl)c2ccccc12. The molecule has 0 aromatic heterocycles. The molecule has 0 aliphatic carbocycles. The maximum Gasteiger partial charge on any atom is 0.0484 e. The van der Waals surface area contributed by atoms with Crippen LogP contribution in [0.4, 0.5) is 0 Å². The lowest BCUT2D eigenvalue weighted by Crippen LogP contribution is -2.10. The van der Waals surface area contributed by atoms with Gasteiger partial charge in [-0.25, -0.2) is 0 Å². The quantitative estimate of drug-likeness (QED) is 0.696. The van der Waals surface area contributed by atoms with E-state index in [9.17, 15) is 0 Å². The average molecular weight is 276 g/mol. The van der Waals surface area contributed by atoms with Gasteiger partial charge in [-0.3, -0.25) is 0 Å². The lowest BCUT2D eigenvalue weighted by atomic mass is 9.95. The van der Waals surface area contributed by atoms with Crippen molar-refractivity contribution in [2.75, 3.05) is 0 Å². The maximum atomic E-state index is 6.35. The Morgan fingerprint density at radius 2 is 1.74 bits per heavy atom. The molecule has 1 atom stereocenters. The minimum absolute atomic E-state index is 0.110. The largest absolute Gasteiger partial charge is 0.324 e. The first-order valence-electron chi connectivity index (χ1n) is 7.16. The minimum Gasteiger partial charge on any atom is -0.324 e. The summed E-state index contributed by atoms with van der Waals surface area (Å²) in [6.45, 7) is 2.23. The van der Waals surface area contributed by atoms with Crippen molar-refractivity contribution in [3.05, 3.63) is 47.0 Å². The van der Waals surface area contributed by atoms with Gasteiger partial charge >= 0.3 is 0 Å². The lowest BCUT2D eigenvalue weighted by Gasteiger charge is -2.15. The smallest absolute Gasteiger partial charge is 0.0484 e. The number of hydrogen-bond donors (Lipinski definition) is 1. The topological polar surface area (TPSA) is 26.0 Å². The van der Waals surface area contributed by atoms with Gasteiger partial charge in [0.2, 0.25) is 0 Å². The van der Waals surface area contributed by atoms with Gasteiger partial charge in [0, 0.05) is 16.5 Å². The summed E-state index contributed by atoms with van der Waals surface area (Å²) in [6, 6.07) is 12.4. The Kier molecular flexibility index (Phi) is 5.24. The normalized spacial score (nSPS) is 12.8. The molecule has 2 rings (SSSR count). The monoisotopic (exact) mass is 275 g/mol. The van der Waals surface area contributed by atoms with Crippen molar-refractivity contribution in [2.24, 2.45) is 5.73 Å². The highest BCUT2D eigenvalue weighted by Gasteiger charge is 2.11. The van der Waals surface area contributed by atoms with Gasteiger partial charge in [0.05, 0.1) is 0 Å². The molecular formula is C17H22ClN. The summed E-state index contributed by atoms with van der Waals surface area (Å²) < 4.78 is 0. The summed E-state index contributed by atoms with van der Waals surface area (Å²) in [6.07, 6.45) is 6.08. The van der Waals surface area contributed by atoms with Crippen LogP contribution in [-0.2, 0) is 0 Å². The maximum absolute atomic E-state index is 6.35. The van der Waals surface area contributed by atoms with Crippen LogP contribution in [0.25, 0.3) is 10.8 Å². The number of halogens is 1. The van der Waals surface area contributed by atoms with Crippen molar-refractivity contribution in [3.63, 3.8) is 0 Å². The van der Waals surface area contributed by atoms with Gasteiger partial charge in [0.15, 0.2) is 0 Å². The number of nitrogens with two attached hydrogens (primary N) is 1. The van der Waals surface area contributed by atoms with E-state index in [1.807, 2.05) is 18.2 Å².